The standard InChI is InChI=1S/C15H27BrN4/c1-3-13-15(16)14(20(2)19-13)10-12(18-17)9-8-11-6-4-5-7-11/h11-12,18H,3-10,17H2,1-2H3. The van der Waals surface area contributed by atoms with Crippen LogP contribution in [0.2, 0.25) is 0 Å². The molecular weight excluding hydrogens is 316 g/mol. The van der Waals surface area contributed by atoms with Crippen LogP contribution in [0, 0.1) is 5.92 Å². The van der Waals surface area contributed by atoms with Crippen LogP contribution < -0.4 is 11.3 Å². The molecule has 1 saturated carbocycles. The minimum absolute atomic E-state index is 0.340. The van der Waals surface area contributed by atoms with Gasteiger partial charge >= 0.3 is 0 Å². The number of halogens is 1. The summed E-state index contributed by atoms with van der Waals surface area (Å²) in [6.07, 6.45) is 9.99. The molecule has 1 aliphatic rings. The molecule has 4 nitrogen and oxygen atoms in total. The average Bonchev–Trinajstić information content (AvgIpc) is 3.05. The zero-order valence-electron chi connectivity index (χ0n) is 12.7. The van der Waals surface area contributed by atoms with Gasteiger partial charge in [-0.3, -0.25) is 16.0 Å². The molecule has 1 aromatic heterocycles. The van der Waals surface area contributed by atoms with E-state index in [1.54, 1.807) is 0 Å². The highest BCUT2D eigenvalue weighted by molar-refractivity contribution is 9.10. The van der Waals surface area contributed by atoms with E-state index in [0.29, 0.717) is 6.04 Å². The molecule has 20 heavy (non-hydrogen) atoms. The molecule has 0 radical (unpaired) electrons. The molecule has 1 aliphatic carbocycles. The number of nitrogens with one attached hydrogen (secondary N) is 1. The predicted molar refractivity (Wildman–Crippen MR) is 86.3 cm³/mol. The van der Waals surface area contributed by atoms with Crippen LogP contribution in [0.4, 0.5) is 0 Å². The molecule has 1 aromatic rings. The first-order valence-electron chi connectivity index (χ1n) is 7.82. The Hall–Kier alpha value is -0.390. The molecule has 0 bridgehead atoms. The van der Waals surface area contributed by atoms with Gasteiger partial charge in [-0.05, 0) is 41.1 Å². The van der Waals surface area contributed by atoms with Crippen molar-refractivity contribution in [1.82, 2.24) is 15.2 Å². The van der Waals surface area contributed by atoms with Crippen molar-refractivity contribution in [2.75, 3.05) is 0 Å². The van der Waals surface area contributed by atoms with Crippen molar-refractivity contribution in [3.05, 3.63) is 15.9 Å². The molecule has 0 spiro atoms. The SMILES string of the molecule is CCc1nn(C)c(CC(CCC2CCCC2)NN)c1Br. The molecule has 0 amide bonds. The van der Waals surface area contributed by atoms with E-state index in [0.717, 1.165) is 35.3 Å². The number of rotatable bonds is 7. The van der Waals surface area contributed by atoms with Crippen molar-refractivity contribution >= 4 is 15.9 Å². The quantitative estimate of drug-likeness (QED) is 0.591. The topological polar surface area (TPSA) is 55.9 Å². The maximum absolute atomic E-state index is 5.75. The number of hydrogen-bond donors (Lipinski definition) is 2. The first-order valence-corrected chi connectivity index (χ1v) is 8.61. The van der Waals surface area contributed by atoms with Gasteiger partial charge < -0.3 is 0 Å². The van der Waals surface area contributed by atoms with E-state index in [4.69, 9.17) is 5.84 Å². The molecule has 3 N–H and O–H groups in total. The summed E-state index contributed by atoms with van der Waals surface area (Å²) in [6.45, 7) is 2.13. The summed E-state index contributed by atoms with van der Waals surface area (Å²) in [5.41, 5.74) is 5.37. The van der Waals surface area contributed by atoms with Crippen LogP contribution >= 0.6 is 15.9 Å². The highest BCUT2D eigenvalue weighted by Crippen LogP contribution is 2.30. The molecule has 0 aromatic carbocycles. The summed E-state index contributed by atoms with van der Waals surface area (Å²) in [5, 5.41) is 4.55. The zero-order chi connectivity index (χ0) is 14.5. The van der Waals surface area contributed by atoms with Gasteiger partial charge in [-0.25, -0.2) is 0 Å². The first-order chi connectivity index (χ1) is 9.65. The fourth-order valence-electron chi connectivity index (χ4n) is 3.26. The summed E-state index contributed by atoms with van der Waals surface area (Å²) >= 11 is 3.69. The number of aromatic nitrogens is 2. The number of nitrogens with two attached hydrogens (primary N) is 1. The van der Waals surface area contributed by atoms with Crippen LogP contribution in [0.5, 0.6) is 0 Å². The fourth-order valence-corrected chi connectivity index (χ4v) is 4.03. The van der Waals surface area contributed by atoms with E-state index >= 15 is 0 Å². The molecule has 0 aliphatic heterocycles. The van der Waals surface area contributed by atoms with E-state index in [1.165, 1.54) is 37.8 Å². The van der Waals surface area contributed by atoms with Crippen LogP contribution in [-0.4, -0.2) is 15.8 Å². The molecule has 1 unspecified atom stereocenters. The summed E-state index contributed by atoms with van der Waals surface area (Å²) < 4.78 is 3.15. The maximum Gasteiger partial charge on any atom is 0.0766 e. The van der Waals surface area contributed by atoms with Crippen molar-refractivity contribution in [1.29, 1.82) is 0 Å². The lowest BCUT2D eigenvalue weighted by atomic mass is 9.96. The van der Waals surface area contributed by atoms with Crippen molar-refractivity contribution in [2.24, 2.45) is 18.8 Å². The second-order valence-corrected chi connectivity index (χ2v) is 6.77. The van der Waals surface area contributed by atoms with E-state index in [-0.39, 0.29) is 0 Å². The zero-order valence-corrected chi connectivity index (χ0v) is 14.2. The first kappa shape index (κ1) is 16.0. The number of nitrogens with zero attached hydrogens (tertiary/aromatic N) is 2. The molecule has 1 fully saturated rings. The lowest BCUT2D eigenvalue weighted by molar-refractivity contribution is 0.401. The van der Waals surface area contributed by atoms with Crippen molar-refractivity contribution in [3.8, 4) is 0 Å². The highest BCUT2D eigenvalue weighted by Gasteiger charge is 2.20. The van der Waals surface area contributed by atoms with Gasteiger partial charge in [0.1, 0.15) is 0 Å². The number of hydrazine groups is 1. The minimum atomic E-state index is 0.340. The summed E-state index contributed by atoms with van der Waals surface area (Å²) in [6, 6.07) is 0.340. The highest BCUT2D eigenvalue weighted by atomic mass is 79.9. The minimum Gasteiger partial charge on any atom is -0.271 e. The summed E-state index contributed by atoms with van der Waals surface area (Å²) in [5.74, 6) is 6.67. The van der Waals surface area contributed by atoms with E-state index < -0.39 is 0 Å². The molecular formula is C15H27BrN4. The van der Waals surface area contributed by atoms with Crippen molar-refractivity contribution in [2.45, 2.75) is 64.3 Å². The van der Waals surface area contributed by atoms with Gasteiger partial charge in [-0.1, -0.05) is 32.6 Å². The van der Waals surface area contributed by atoms with Gasteiger partial charge in [0.05, 0.1) is 15.9 Å². The Balaban J connectivity index is 1.93. The second kappa shape index (κ2) is 7.57. The molecule has 1 atom stereocenters. The van der Waals surface area contributed by atoms with Crippen LogP contribution in [0.15, 0.2) is 4.47 Å². The smallest absolute Gasteiger partial charge is 0.0766 e. The number of aryl methyl sites for hydroxylation is 2. The summed E-state index contributed by atoms with van der Waals surface area (Å²) in [4.78, 5) is 0. The molecule has 5 heteroatoms. The monoisotopic (exact) mass is 342 g/mol. The maximum atomic E-state index is 5.75. The fraction of sp³-hybridized carbons (Fsp3) is 0.800. The third-order valence-corrected chi connectivity index (χ3v) is 5.49. The van der Waals surface area contributed by atoms with Crippen LogP contribution in [0.3, 0.4) is 0 Å². The number of hydrogen-bond acceptors (Lipinski definition) is 3. The Labute approximate surface area is 130 Å². The van der Waals surface area contributed by atoms with Gasteiger partial charge in [0, 0.05) is 19.5 Å². The third-order valence-electron chi connectivity index (χ3n) is 4.58. The Kier molecular flexibility index (Phi) is 6.05. The Morgan fingerprint density at radius 2 is 2.15 bits per heavy atom. The molecule has 0 saturated heterocycles. The van der Waals surface area contributed by atoms with Gasteiger partial charge in [-0.15, -0.1) is 0 Å². The molecule has 2 rings (SSSR count). The van der Waals surface area contributed by atoms with Gasteiger partial charge in [0.2, 0.25) is 0 Å². The molecule has 1 heterocycles. The average molecular weight is 343 g/mol. The Morgan fingerprint density at radius 3 is 2.70 bits per heavy atom. The van der Waals surface area contributed by atoms with E-state index in [2.05, 4.69) is 33.4 Å². The normalized spacial score (nSPS) is 17.8. The lowest BCUT2D eigenvalue weighted by Gasteiger charge is -2.18. The molecule has 114 valence electrons. The van der Waals surface area contributed by atoms with E-state index in [1.807, 2.05) is 11.7 Å². The predicted octanol–water partition coefficient (Wildman–Crippen LogP) is 3.09. The second-order valence-electron chi connectivity index (χ2n) is 5.98. The largest absolute Gasteiger partial charge is 0.271 e. The van der Waals surface area contributed by atoms with Crippen molar-refractivity contribution < 1.29 is 0 Å². The third kappa shape index (κ3) is 3.83. The van der Waals surface area contributed by atoms with Gasteiger partial charge in [-0.2, -0.15) is 5.10 Å². The van der Waals surface area contributed by atoms with Crippen molar-refractivity contribution in [3.63, 3.8) is 0 Å². The lowest BCUT2D eigenvalue weighted by Crippen LogP contribution is -2.37. The Morgan fingerprint density at radius 1 is 1.45 bits per heavy atom. The van der Waals surface area contributed by atoms with Crippen LogP contribution in [-0.2, 0) is 19.9 Å². The summed E-state index contributed by atoms with van der Waals surface area (Å²) in [7, 11) is 2.02. The van der Waals surface area contributed by atoms with Gasteiger partial charge in [0.15, 0.2) is 0 Å². The van der Waals surface area contributed by atoms with E-state index in [9.17, 15) is 0 Å². The van der Waals surface area contributed by atoms with Crippen LogP contribution in [0.1, 0.15) is 56.8 Å². The Bertz CT molecular complexity index is 424. The van der Waals surface area contributed by atoms with Crippen LogP contribution in [0.25, 0.3) is 0 Å². The van der Waals surface area contributed by atoms with Gasteiger partial charge in [0.25, 0.3) is 0 Å².